The number of carbonyl (C=O) groups excluding carboxylic acids is 1. The first-order chi connectivity index (χ1) is 11.1. The van der Waals surface area contributed by atoms with E-state index in [1.807, 2.05) is 30.3 Å². The highest BCUT2D eigenvalue weighted by molar-refractivity contribution is 5.73. The fourth-order valence-corrected chi connectivity index (χ4v) is 2.98. The molecule has 0 spiro atoms. The number of hydrogen-bond donors (Lipinski definition) is 2. The van der Waals surface area contributed by atoms with Gasteiger partial charge in [0.1, 0.15) is 18.3 Å². The molecule has 0 saturated carbocycles. The summed E-state index contributed by atoms with van der Waals surface area (Å²) in [5, 5.41) is 13.1. The second kappa shape index (κ2) is 6.94. The lowest BCUT2D eigenvalue weighted by Gasteiger charge is -2.47. The van der Waals surface area contributed by atoms with E-state index in [1.165, 1.54) is 14.0 Å². The molecule has 2 aliphatic heterocycles. The molecule has 2 heterocycles. The van der Waals surface area contributed by atoms with Crippen molar-refractivity contribution in [1.29, 1.82) is 0 Å². The minimum Gasteiger partial charge on any atom is -0.386 e. The quantitative estimate of drug-likeness (QED) is 0.834. The van der Waals surface area contributed by atoms with Crippen LogP contribution in [0.4, 0.5) is 0 Å². The van der Waals surface area contributed by atoms with Gasteiger partial charge in [0, 0.05) is 19.6 Å². The first-order valence-corrected chi connectivity index (χ1v) is 7.55. The highest BCUT2D eigenvalue weighted by atomic mass is 16.7. The van der Waals surface area contributed by atoms with Gasteiger partial charge in [-0.1, -0.05) is 30.3 Å². The van der Waals surface area contributed by atoms with Crippen molar-refractivity contribution in [3.8, 4) is 0 Å². The van der Waals surface area contributed by atoms with Crippen molar-refractivity contribution < 1.29 is 28.8 Å². The van der Waals surface area contributed by atoms with E-state index in [0.717, 1.165) is 5.56 Å². The first-order valence-electron chi connectivity index (χ1n) is 7.55. The summed E-state index contributed by atoms with van der Waals surface area (Å²) in [5.74, 6) is -0.254. The van der Waals surface area contributed by atoms with Crippen LogP contribution in [-0.2, 0) is 23.7 Å². The molecule has 126 valence electrons. The monoisotopic (exact) mass is 323 g/mol. The van der Waals surface area contributed by atoms with Crippen molar-refractivity contribution in [2.45, 2.75) is 43.9 Å². The minimum absolute atomic E-state index is 0.254. The van der Waals surface area contributed by atoms with E-state index in [0.29, 0.717) is 0 Å². The number of nitrogens with one attached hydrogen (secondary N) is 1. The average molecular weight is 323 g/mol. The number of fused-ring (bicyclic) bond motifs is 1. The number of hydrogen-bond acceptors (Lipinski definition) is 6. The largest absolute Gasteiger partial charge is 0.386 e. The maximum Gasteiger partial charge on any atom is 0.217 e. The molecule has 1 aromatic rings. The van der Waals surface area contributed by atoms with Crippen molar-refractivity contribution in [3.05, 3.63) is 35.9 Å². The van der Waals surface area contributed by atoms with Gasteiger partial charge in [-0.2, -0.15) is 0 Å². The van der Waals surface area contributed by atoms with Crippen LogP contribution in [-0.4, -0.2) is 55.4 Å². The number of aliphatic hydroxyl groups is 1. The summed E-state index contributed by atoms with van der Waals surface area (Å²) in [7, 11) is 1.44. The van der Waals surface area contributed by atoms with E-state index in [1.54, 1.807) is 0 Å². The van der Waals surface area contributed by atoms with Crippen LogP contribution in [0.3, 0.4) is 0 Å². The van der Waals surface area contributed by atoms with Gasteiger partial charge in [0.2, 0.25) is 5.91 Å². The summed E-state index contributed by atoms with van der Waals surface area (Å²) >= 11 is 0. The molecule has 7 nitrogen and oxygen atoms in total. The third-order valence-corrected chi connectivity index (χ3v) is 4.04. The highest BCUT2D eigenvalue weighted by Gasteiger charge is 2.49. The van der Waals surface area contributed by atoms with Crippen LogP contribution in [0.2, 0.25) is 0 Å². The van der Waals surface area contributed by atoms with Gasteiger partial charge in [-0.3, -0.25) is 4.79 Å². The van der Waals surface area contributed by atoms with Crippen molar-refractivity contribution in [2.75, 3.05) is 13.7 Å². The van der Waals surface area contributed by atoms with Gasteiger partial charge in [-0.05, 0) is 0 Å². The normalized spacial score (nSPS) is 37.0. The van der Waals surface area contributed by atoms with E-state index in [4.69, 9.17) is 18.9 Å². The van der Waals surface area contributed by atoms with E-state index in [-0.39, 0.29) is 12.5 Å². The summed E-state index contributed by atoms with van der Waals surface area (Å²) in [4.78, 5) is 11.5. The predicted octanol–water partition coefficient (Wildman–Crippen LogP) is 0.337. The Morgan fingerprint density at radius 3 is 2.70 bits per heavy atom. The molecule has 0 aliphatic carbocycles. The Balaban J connectivity index is 1.80. The number of benzene rings is 1. The van der Waals surface area contributed by atoms with Crippen LogP contribution in [0.5, 0.6) is 0 Å². The molecule has 1 aromatic carbocycles. The molecule has 2 aliphatic rings. The zero-order chi connectivity index (χ0) is 16.4. The number of ether oxygens (including phenoxy) is 4. The third kappa shape index (κ3) is 3.39. The van der Waals surface area contributed by atoms with Crippen LogP contribution in [0.25, 0.3) is 0 Å². The van der Waals surface area contributed by atoms with Crippen LogP contribution in [0.1, 0.15) is 18.8 Å². The number of carbonyl (C=O) groups is 1. The van der Waals surface area contributed by atoms with Crippen LogP contribution >= 0.6 is 0 Å². The Hall–Kier alpha value is -1.51. The van der Waals surface area contributed by atoms with Crippen molar-refractivity contribution in [3.63, 3.8) is 0 Å². The summed E-state index contributed by atoms with van der Waals surface area (Å²) in [6.45, 7) is 1.68. The lowest BCUT2D eigenvalue weighted by atomic mass is 9.95. The maximum atomic E-state index is 11.5. The molecule has 2 saturated heterocycles. The summed E-state index contributed by atoms with van der Waals surface area (Å²) < 4.78 is 22.5. The summed E-state index contributed by atoms with van der Waals surface area (Å²) in [6, 6.07) is 8.87. The summed E-state index contributed by atoms with van der Waals surface area (Å²) in [5.41, 5.74) is 0.871. The molecule has 6 atom stereocenters. The molecule has 0 bridgehead atoms. The number of methoxy groups -OCH3 is 1. The highest BCUT2D eigenvalue weighted by Crippen LogP contribution is 2.34. The van der Waals surface area contributed by atoms with Crippen LogP contribution < -0.4 is 5.32 Å². The van der Waals surface area contributed by atoms with E-state index < -0.39 is 36.9 Å². The van der Waals surface area contributed by atoms with Crippen LogP contribution in [0.15, 0.2) is 30.3 Å². The number of rotatable bonds is 3. The van der Waals surface area contributed by atoms with Gasteiger partial charge in [0.15, 0.2) is 12.6 Å². The maximum absolute atomic E-state index is 11.5. The van der Waals surface area contributed by atoms with E-state index >= 15 is 0 Å². The summed E-state index contributed by atoms with van der Waals surface area (Å²) in [6.07, 6.45) is -3.39. The molecule has 0 aromatic heterocycles. The molecule has 1 amide bonds. The fourth-order valence-electron chi connectivity index (χ4n) is 2.98. The first kappa shape index (κ1) is 16.4. The fraction of sp³-hybridized carbons (Fsp3) is 0.562. The Morgan fingerprint density at radius 2 is 2.04 bits per heavy atom. The standard InChI is InChI=1S/C16H21NO6/c1-9(18)17-12-13(19)16(20-2)22-11-8-21-15(23-14(11)12)10-6-4-3-5-7-10/h3-7,11-16,19H,8H2,1-2H3,(H,17,18)/t11-,12+,13-,14-,15+,16+/m0/s1. The SMILES string of the molecule is CO[C@@H]1O[C@H]2CO[C@@H](c3ccccc3)O[C@@H]2[C@H](NC(C)=O)[C@@H]1O. The Kier molecular flexibility index (Phi) is 4.93. The van der Waals surface area contributed by atoms with Gasteiger partial charge in [0.25, 0.3) is 0 Å². The topological polar surface area (TPSA) is 86.3 Å². The second-order valence-corrected chi connectivity index (χ2v) is 5.67. The van der Waals surface area contributed by atoms with E-state index in [2.05, 4.69) is 5.32 Å². The minimum atomic E-state index is -1.03. The molecule has 0 unspecified atom stereocenters. The van der Waals surface area contributed by atoms with Crippen molar-refractivity contribution in [1.82, 2.24) is 5.32 Å². The second-order valence-electron chi connectivity index (χ2n) is 5.67. The molecule has 2 N–H and O–H groups in total. The van der Waals surface area contributed by atoms with Crippen molar-refractivity contribution >= 4 is 5.91 Å². The van der Waals surface area contributed by atoms with Crippen LogP contribution in [0, 0.1) is 0 Å². The van der Waals surface area contributed by atoms with Gasteiger partial charge in [-0.15, -0.1) is 0 Å². The Labute approximate surface area is 134 Å². The molecule has 2 fully saturated rings. The Morgan fingerprint density at radius 1 is 1.30 bits per heavy atom. The lowest BCUT2D eigenvalue weighted by Crippen LogP contribution is -2.67. The van der Waals surface area contributed by atoms with Gasteiger partial charge in [0.05, 0.1) is 12.6 Å². The predicted molar refractivity (Wildman–Crippen MR) is 79.3 cm³/mol. The average Bonchev–Trinajstić information content (AvgIpc) is 2.57. The zero-order valence-electron chi connectivity index (χ0n) is 13.0. The third-order valence-electron chi connectivity index (χ3n) is 4.04. The molecular weight excluding hydrogens is 302 g/mol. The molecule has 3 rings (SSSR count). The molecule has 0 radical (unpaired) electrons. The molecule has 23 heavy (non-hydrogen) atoms. The zero-order valence-corrected chi connectivity index (χ0v) is 13.0. The van der Waals surface area contributed by atoms with Gasteiger partial charge in [-0.25, -0.2) is 0 Å². The molecule has 7 heteroatoms. The van der Waals surface area contributed by atoms with E-state index in [9.17, 15) is 9.90 Å². The molecular formula is C16H21NO6. The number of amides is 1. The lowest BCUT2D eigenvalue weighted by molar-refractivity contribution is -0.340. The number of aliphatic hydroxyl groups excluding tert-OH is 1. The Bertz CT molecular complexity index is 539. The van der Waals surface area contributed by atoms with Gasteiger partial charge >= 0.3 is 0 Å². The van der Waals surface area contributed by atoms with Crippen molar-refractivity contribution in [2.24, 2.45) is 0 Å². The smallest absolute Gasteiger partial charge is 0.217 e. The van der Waals surface area contributed by atoms with Gasteiger partial charge < -0.3 is 29.4 Å².